The van der Waals surface area contributed by atoms with Crippen molar-refractivity contribution in [3.05, 3.63) is 95.6 Å². The predicted octanol–water partition coefficient (Wildman–Crippen LogP) is 6.96. The lowest BCUT2D eigenvalue weighted by Crippen LogP contribution is -2.32. The number of carbonyl (C=O) groups is 1. The van der Waals surface area contributed by atoms with Crippen LogP contribution in [0.4, 0.5) is 13.2 Å². The van der Waals surface area contributed by atoms with Crippen molar-refractivity contribution in [3.63, 3.8) is 0 Å². The topological polar surface area (TPSA) is 56.6 Å². The smallest absolute Gasteiger partial charge is 0.416 e. The number of hydrogen-bond donors (Lipinski definition) is 0. The fraction of sp³-hybridized carbons (Fsp3) is 0.267. The molecule has 0 aliphatic heterocycles. The molecule has 0 N–H and O–H groups in total. The Morgan fingerprint density at radius 2 is 1.62 bits per heavy atom. The summed E-state index contributed by atoms with van der Waals surface area (Å²) in [6, 6.07) is 21.2. The van der Waals surface area contributed by atoms with Gasteiger partial charge in [-0.3, -0.25) is 4.79 Å². The first-order chi connectivity index (χ1) is 18.7. The van der Waals surface area contributed by atoms with Crippen molar-refractivity contribution < 1.29 is 27.4 Å². The molecule has 1 saturated carbocycles. The molecule has 1 aliphatic carbocycles. The van der Waals surface area contributed by atoms with Crippen molar-refractivity contribution in [1.82, 2.24) is 14.7 Å². The zero-order chi connectivity index (χ0) is 27.6. The minimum Gasteiger partial charge on any atom is -0.493 e. The molecule has 1 aromatic heterocycles. The lowest BCUT2D eigenvalue weighted by atomic mass is 10.1. The Morgan fingerprint density at radius 3 is 2.23 bits per heavy atom. The quantitative estimate of drug-likeness (QED) is 0.233. The molecule has 9 heteroatoms. The van der Waals surface area contributed by atoms with Crippen LogP contribution in [0.3, 0.4) is 0 Å². The molecule has 0 unspecified atom stereocenters. The SMILES string of the molecule is COc1ccccc1Oc1c(CN(CC2CC2)C(=O)c2ccc(C(F)(F)F)cc2)c(-c2ccccc2)nn1C. The minimum absolute atomic E-state index is 0.166. The highest BCUT2D eigenvalue weighted by Crippen LogP contribution is 2.39. The first kappa shape index (κ1) is 26.3. The van der Waals surface area contributed by atoms with E-state index in [4.69, 9.17) is 14.6 Å². The second kappa shape index (κ2) is 10.8. The van der Waals surface area contributed by atoms with Crippen LogP contribution in [0.5, 0.6) is 17.4 Å². The van der Waals surface area contributed by atoms with E-state index in [2.05, 4.69) is 0 Å². The Kier molecular flexibility index (Phi) is 7.32. The highest BCUT2D eigenvalue weighted by atomic mass is 19.4. The summed E-state index contributed by atoms with van der Waals surface area (Å²) < 4.78 is 52.7. The Balaban J connectivity index is 1.54. The Morgan fingerprint density at radius 1 is 0.974 bits per heavy atom. The lowest BCUT2D eigenvalue weighted by molar-refractivity contribution is -0.137. The zero-order valence-electron chi connectivity index (χ0n) is 21.6. The van der Waals surface area contributed by atoms with Gasteiger partial charge in [0.1, 0.15) is 5.69 Å². The van der Waals surface area contributed by atoms with Crippen LogP contribution in [0.25, 0.3) is 11.3 Å². The van der Waals surface area contributed by atoms with Crippen molar-refractivity contribution in [2.24, 2.45) is 13.0 Å². The molecule has 6 nitrogen and oxygen atoms in total. The maximum absolute atomic E-state index is 13.7. The lowest BCUT2D eigenvalue weighted by Gasteiger charge is -2.24. The molecule has 0 radical (unpaired) electrons. The van der Waals surface area contributed by atoms with E-state index in [9.17, 15) is 18.0 Å². The summed E-state index contributed by atoms with van der Waals surface area (Å²) in [7, 11) is 3.32. The maximum atomic E-state index is 13.7. The van der Waals surface area contributed by atoms with Gasteiger partial charge in [0.25, 0.3) is 5.91 Å². The van der Waals surface area contributed by atoms with Gasteiger partial charge in [-0.2, -0.15) is 18.3 Å². The largest absolute Gasteiger partial charge is 0.493 e. The number of rotatable bonds is 9. The number of ether oxygens (including phenoxy) is 2. The van der Waals surface area contributed by atoms with Gasteiger partial charge in [0.15, 0.2) is 11.5 Å². The van der Waals surface area contributed by atoms with E-state index in [-0.39, 0.29) is 18.0 Å². The standard InChI is InChI=1S/C30H28F3N3O3/c1-35-29(39-26-11-7-6-10-25(26)38-2)24(27(34-35)21-8-4-3-5-9-21)19-36(18-20-12-13-20)28(37)22-14-16-23(17-15-22)30(31,32)33/h3-11,14-17,20H,12-13,18-19H2,1-2H3. The van der Waals surface area contributed by atoms with Crippen LogP contribution >= 0.6 is 0 Å². The van der Waals surface area contributed by atoms with Crippen LogP contribution in [0, 0.1) is 5.92 Å². The third-order valence-electron chi connectivity index (χ3n) is 6.68. The summed E-state index contributed by atoms with van der Waals surface area (Å²) in [5, 5.41) is 4.74. The third-order valence-corrected chi connectivity index (χ3v) is 6.68. The summed E-state index contributed by atoms with van der Waals surface area (Å²) in [4.78, 5) is 15.3. The average molecular weight is 536 g/mol. The highest BCUT2D eigenvalue weighted by Gasteiger charge is 2.33. The van der Waals surface area contributed by atoms with Gasteiger partial charge in [0.2, 0.25) is 5.88 Å². The van der Waals surface area contributed by atoms with Gasteiger partial charge in [-0.15, -0.1) is 0 Å². The number of para-hydroxylation sites is 2. The molecule has 3 aromatic carbocycles. The van der Waals surface area contributed by atoms with Crippen molar-refractivity contribution in [2.75, 3.05) is 13.7 Å². The molecule has 5 rings (SSSR count). The summed E-state index contributed by atoms with van der Waals surface area (Å²) in [6.07, 6.45) is -2.47. The van der Waals surface area contributed by atoms with E-state index in [1.807, 2.05) is 42.5 Å². The monoisotopic (exact) mass is 535 g/mol. The maximum Gasteiger partial charge on any atom is 0.416 e. The minimum atomic E-state index is -4.47. The molecule has 1 amide bonds. The highest BCUT2D eigenvalue weighted by molar-refractivity contribution is 5.94. The fourth-order valence-corrected chi connectivity index (χ4v) is 4.46. The molecule has 1 heterocycles. The number of aryl methyl sites for hydroxylation is 1. The Bertz CT molecular complexity index is 1450. The van der Waals surface area contributed by atoms with E-state index >= 15 is 0 Å². The van der Waals surface area contributed by atoms with Crippen LogP contribution in [0.2, 0.25) is 0 Å². The van der Waals surface area contributed by atoms with Gasteiger partial charge in [-0.1, -0.05) is 42.5 Å². The van der Waals surface area contributed by atoms with Crippen LogP contribution in [0.1, 0.15) is 34.3 Å². The van der Waals surface area contributed by atoms with Gasteiger partial charge >= 0.3 is 6.18 Å². The van der Waals surface area contributed by atoms with Crippen LogP contribution in [-0.4, -0.2) is 34.2 Å². The number of nitrogens with zero attached hydrogens (tertiary/aromatic N) is 3. The molecule has 202 valence electrons. The number of hydrogen-bond acceptors (Lipinski definition) is 4. The first-order valence-corrected chi connectivity index (χ1v) is 12.6. The summed E-state index contributed by atoms with van der Waals surface area (Å²) in [5.41, 5.74) is 1.60. The third kappa shape index (κ3) is 5.92. The number of aromatic nitrogens is 2. The molecular weight excluding hydrogens is 507 g/mol. The summed E-state index contributed by atoms with van der Waals surface area (Å²) >= 11 is 0. The molecular formula is C30H28F3N3O3. The normalized spacial score (nSPS) is 13.3. The molecule has 0 spiro atoms. The van der Waals surface area contributed by atoms with Gasteiger partial charge in [0, 0.05) is 24.7 Å². The van der Waals surface area contributed by atoms with Gasteiger partial charge in [-0.25, -0.2) is 4.68 Å². The molecule has 39 heavy (non-hydrogen) atoms. The number of amides is 1. The summed E-state index contributed by atoms with van der Waals surface area (Å²) in [6.45, 7) is 0.649. The zero-order valence-corrected chi connectivity index (χ0v) is 21.6. The van der Waals surface area contributed by atoms with Gasteiger partial charge in [-0.05, 0) is 55.2 Å². The molecule has 1 aliphatic rings. The van der Waals surface area contributed by atoms with Crippen molar-refractivity contribution in [3.8, 4) is 28.6 Å². The van der Waals surface area contributed by atoms with Crippen molar-refractivity contribution in [1.29, 1.82) is 0 Å². The van der Waals surface area contributed by atoms with Gasteiger partial charge in [0.05, 0.1) is 24.8 Å². The second-order valence-electron chi connectivity index (χ2n) is 9.58. The van der Waals surface area contributed by atoms with E-state index in [1.165, 1.54) is 12.1 Å². The molecule has 0 saturated heterocycles. The Labute approximate surface area is 224 Å². The van der Waals surface area contributed by atoms with Crippen LogP contribution in [-0.2, 0) is 19.8 Å². The molecule has 4 aromatic rings. The number of methoxy groups -OCH3 is 1. The number of benzene rings is 3. The van der Waals surface area contributed by atoms with E-state index in [1.54, 1.807) is 35.9 Å². The molecule has 0 bridgehead atoms. The average Bonchev–Trinajstić information content (AvgIpc) is 3.71. The van der Waals surface area contributed by atoms with E-state index in [0.29, 0.717) is 41.1 Å². The van der Waals surface area contributed by atoms with E-state index in [0.717, 1.165) is 30.5 Å². The van der Waals surface area contributed by atoms with Crippen molar-refractivity contribution in [2.45, 2.75) is 25.6 Å². The van der Waals surface area contributed by atoms with Crippen LogP contribution in [0.15, 0.2) is 78.9 Å². The van der Waals surface area contributed by atoms with Gasteiger partial charge < -0.3 is 14.4 Å². The second-order valence-corrected chi connectivity index (χ2v) is 9.58. The van der Waals surface area contributed by atoms with Crippen molar-refractivity contribution >= 4 is 5.91 Å². The first-order valence-electron chi connectivity index (χ1n) is 12.6. The van der Waals surface area contributed by atoms with Crippen LogP contribution < -0.4 is 9.47 Å². The number of halogens is 3. The predicted molar refractivity (Wildman–Crippen MR) is 141 cm³/mol. The number of carbonyl (C=O) groups excluding carboxylic acids is 1. The fourth-order valence-electron chi connectivity index (χ4n) is 4.46. The summed E-state index contributed by atoms with van der Waals surface area (Å²) in [5.74, 6) is 1.48. The Hall–Kier alpha value is -4.27. The number of alkyl halides is 3. The molecule has 0 atom stereocenters. The molecule has 1 fully saturated rings. The van der Waals surface area contributed by atoms with E-state index < -0.39 is 11.7 Å².